The molecule has 7 heteroatoms. The molecule has 0 aromatic heterocycles. The Morgan fingerprint density at radius 1 is 1.25 bits per heavy atom. The zero-order valence-corrected chi connectivity index (χ0v) is 15.7. The van der Waals surface area contributed by atoms with Gasteiger partial charge in [-0.25, -0.2) is 8.78 Å². The number of aliphatic hydroxyl groups is 1. The molecule has 148 valence electrons. The monoisotopic (exact) mass is 388 g/mol. The standard InChI is InChI=1S/C21H22F2N2O3/c1-12-4-3-5-18(13(12)2)25-11-15(9-20(25)27)21(28)24-10-19(26)14-6-7-16(22)17(23)8-14/h3-8,15,19,26H,9-11H2,1-2H3,(H,24,28)/t15-,19-/m0/s1. The van der Waals surface area contributed by atoms with Gasteiger partial charge < -0.3 is 15.3 Å². The lowest BCUT2D eigenvalue weighted by atomic mass is 10.1. The van der Waals surface area contributed by atoms with Gasteiger partial charge in [-0.1, -0.05) is 18.2 Å². The van der Waals surface area contributed by atoms with E-state index in [0.29, 0.717) is 0 Å². The highest BCUT2D eigenvalue weighted by Gasteiger charge is 2.35. The fourth-order valence-corrected chi connectivity index (χ4v) is 3.32. The maximum absolute atomic E-state index is 13.3. The topological polar surface area (TPSA) is 69.6 Å². The zero-order chi connectivity index (χ0) is 20.4. The molecule has 2 atom stereocenters. The average Bonchev–Trinajstić information content (AvgIpc) is 3.05. The number of amides is 2. The molecule has 1 saturated heterocycles. The van der Waals surface area contributed by atoms with Gasteiger partial charge in [0.25, 0.3) is 0 Å². The minimum Gasteiger partial charge on any atom is -0.387 e. The second kappa shape index (κ2) is 8.06. The SMILES string of the molecule is Cc1cccc(N2C[C@@H](C(=O)NC[C@H](O)c3ccc(F)c(F)c3)CC2=O)c1C. The molecule has 1 fully saturated rings. The third-order valence-electron chi connectivity index (χ3n) is 5.16. The number of nitrogens with one attached hydrogen (secondary N) is 1. The summed E-state index contributed by atoms with van der Waals surface area (Å²) in [6, 6.07) is 8.77. The lowest BCUT2D eigenvalue weighted by molar-refractivity contribution is -0.126. The summed E-state index contributed by atoms with van der Waals surface area (Å²) in [6.45, 7) is 4.00. The van der Waals surface area contributed by atoms with Crippen LogP contribution in [0, 0.1) is 31.4 Å². The van der Waals surface area contributed by atoms with Crippen LogP contribution < -0.4 is 10.2 Å². The smallest absolute Gasteiger partial charge is 0.227 e. The normalized spacial score (nSPS) is 17.7. The van der Waals surface area contributed by atoms with E-state index in [1.54, 1.807) is 4.90 Å². The highest BCUT2D eigenvalue weighted by atomic mass is 19.2. The predicted molar refractivity (Wildman–Crippen MR) is 101 cm³/mol. The van der Waals surface area contributed by atoms with E-state index in [9.17, 15) is 23.5 Å². The number of benzene rings is 2. The Hall–Kier alpha value is -2.80. The van der Waals surface area contributed by atoms with Crippen molar-refractivity contribution in [3.8, 4) is 0 Å². The number of hydrogen-bond donors (Lipinski definition) is 2. The van der Waals surface area contributed by atoms with Crippen LogP contribution in [-0.2, 0) is 9.59 Å². The third kappa shape index (κ3) is 4.04. The van der Waals surface area contributed by atoms with E-state index >= 15 is 0 Å². The Bertz CT molecular complexity index is 917. The molecule has 1 heterocycles. The largest absolute Gasteiger partial charge is 0.387 e. The van der Waals surface area contributed by atoms with Crippen LogP contribution >= 0.6 is 0 Å². The van der Waals surface area contributed by atoms with Crippen molar-refractivity contribution in [3.63, 3.8) is 0 Å². The van der Waals surface area contributed by atoms with E-state index in [2.05, 4.69) is 5.32 Å². The van der Waals surface area contributed by atoms with Crippen molar-refractivity contribution < 1.29 is 23.5 Å². The lowest BCUT2D eigenvalue weighted by Crippen LogP contribution is -2.35. The van der Waals surface area contributed by atoms with Gasteiger partial charge in [0, 0.05) is 25.2 Å². The molecule has 1 aliphatic rings. The number of halogens is 2. The minimum absolute atomic E-state index is 0.0838. The molecule has 0 bridgehead atoms. The van der Waals surface area contributed by atoms with Gasteiger partial charge >= 0.3 is 0 Å². The van der Waals surface area contributed by atoms with Gasteiger partial charge in [0.2, 0.25) is 11.8 Å². The van der Waals surface area contributed by atoms with E-state index in [1.165, 1.54) is 6.07 Å². The number of aliphatic hydroxyl groups excluding tert-OH is 1. The summed E-state index contributed by atoms with van der Waals surface area (Å²) in [5.74, 6) is -3.09. The molecular weight excluding hydrogens is 366 g/mol. The maximum atomic E-state index is 13.3. The fraction of sp³-hybridized carbons (Fsp3) is 0.333. The van der Waals surface area contributed by atoms with Gasteiger partial charge in [0.05, 0.1) is 12.0 Å². The number of hydrogen-bond acceptors (Lipinski definition) is 3. The first-order valence-corrected chi connectivity index (χ1v) is 9.05. The van der Waals surface area contributed by atoms with E-state index < -0.39 is 23.7 Å². The van der Waals surface area contributed by atoms with E-state index in [4.69, 9.17) is 0 Å². The molecule has 0 aliphatic carbocycles. The number of rotatable bonds is 5. The van der Waals surface area contributed by atoms with Crippen molar-refractivity contribution in [1.82, 2.24) is 5.32 Å². The summed E-state index contributed by atoms with van der Waals surface area (Å²) >= 11 is 0. The van der Waals surface area contributed by atoms with Gasteiger partial charge in [-0.15, -0.1) is 0 Å². The minimum atomic E-state index is -1.17. The second-order valence-electron chi connectivity index (χ2n) is 7.06. The van der Waals surface area contributed by atoms with Crippen LogP contribution in [-0.4, -0.2) is 30.0 Å². The van der Waals surface area contributed by atoms with Crippen molar-refractivity contribution in [2.75, 3.05) is 18.0 Å². The zero-order valence-electron chi connectivity index (χ0n) is 15.7. The average molecular weight is 388 g/mol. The Morgan fingerprint density at radius 3 is 2.71 bits per heavy atom. The van der Waals surface area contributed by atoms with Crippen molar-refractivity contribution in [2.45, 2.75) is 26.4 Å². The lowest BCUT2D eigenvalue weighted by Gasteiger charge is -2.20. The molecule has 2 amide bonds. The molecule has 2 aromatic rings. The Labute approximate surface area is 162 Å². The van der Waals surface area contributed by atoms with Crippen LogP contribution in [0.3, 0.4) is 0 Å². The molecule has 0 saturated carbocycles. The summed E-state index contributed by atoms with van der Waals surface area (Å²) in [6.07, 6.45) is -1.09. The molecule has 2 N–H and O–H groups in total. The van der Waals surface area contributed by atoms with Crippen molar-refractivity contribution >= 4 is 17.5 Å². The molecule has 1 aliphatic heterocycles. The van der Waals surface area contributed by atoms with Crippen LogP contribution in [0.4, 0.5) is 14.5 Å². The molecule has 5 nitrogen and oxygen atoms in total. The molecule has 2 aromatic carbocycles. The van der Waals surface area contributed by atoms with Crippen molar-refractivity contribution in [3.05, 3.63) is 64.7 Å². The van der Waals surface area contributed by atoms with Gasteiger partial charge in [0.1, 0.15) is 0 Å². The summed E-state index contributed by atoms with van der Waals surface area (Å²) in [4.78, 5) is 26.5. The van der Waals surface area contributed by atoms with Crippen molar-refractivity contribution in [1.29, 1.82) is 0 Å². The number of nitrogens with zero attached hydrogens (tertiary/aromatic N) is 1. The van der Waals surface area contributed by atoms with Crippen LogP contribution in [0.25, 0.3) is 0 Å². The summed E-state index contributed by atoms with van der Waals surface area (Å²) in [7, 11) is 0. The summed E-state index contributed by atoms with van der Waals surface area (Å²) < 4.78 is 26.3. The Morgan fingerprint density at radius 2 is 2.00 bits per heavy atom. The van der Waals surface area contributed by atoms with Crippen molar-refractivity contribution in [2.24, 2.45) is 5.92 Å². The molecular formula is C21H22F2N2O3. The first kappa shape index (κ1) is 19.9. The fourth-order valence-electron chi connectivity index (χ4n) is 3.32. The van der Waals surface area contributed by atoms with E-state index in [1.807, 2.05) is 32.0 Å². The summed E-state index contributed by atoms with van der Waals surface area (Å²) in [5.41, 5.74) is 3.01. The molecule has 0 radical (unpaired) electrons. The number of anilines is 1. The second-order valence-corrected chi connectivity index (χ2v) is 7.06. The number of carbonyl (C=O) groups excluding carboxylic acids is 2. The molecule has 0 spiro atoms. The number of aryl methyl sites for hydroxylation is 1. The third-order valence-corrected chi connectivity index (χ3v) is 5.16. The Balaban J connectivity index is 1.61. The van der Waals surface area contributed by atoms with Crippen LogP contribution in [0.1, 0.15) is 29.2 Å². The molecule has 0 unspecified atom stereocenters. The quantitative estimate of drug-likeness (QED) is 0.828. The highest BCUT2D eigenvalue weighted by Crippen LogP contribution is 2.29. The van der Waals surface area contributed by atoms with E-state index in [-0.39, 0.29) is 36.9 Å². The van der Waals surface area contributed by atoms with Gasteiger partial charge in [-0.2, -0.15) is 0 Å². The van der Waals surface area contributed by atoms with E-state index in [0.717, 1.165) is 28.9 Å². The van der Waals surface area contributed by atoms with Gasteiger partial charge in [0.15, 0.2) is 11.6 Å². The number of carbonyl (C=O) groups is 2. The first-order chi connectivity index (χ1) is 13.3. The van der Waals surface area contributed by atoms with Gasteiger partial charge in [-0.3, -0.25) is 9.59 Å². The molecule has 3 rings (SSSR count). The van der Waals surface area contributed by atoms with Crippen LogP contribution in [0.2, 0.25) is 0 Å². The summed E-state index contributed by atoms with van der Waals surface area (Å²) in [5, 5.41) is 12.7. The highest BCUT2D eigenvalue weighted by molar-refractivity contribution is 6.00. The van der Waals surface area contributed by atoms with Crippen LogP contribution in [0.15, 0.2) is 36.4 Å². The van der Waals surface area contributed by atoms with Crippen LogP contribution in [0.5, 0.6) is 0 Å². The first-order valence-electron chi connectivity index (χ1n) is 9.05. The predicted octanol–water partition coefficient (Wildman–Crippen LogP) is 2.78. The Kier molecular flexibility index (Phi) is 5.74. The maximum Gasteiger partial charge on any atom is 0.227 e. The molecule has 28 heavy (non-hydrogen) atoms. The van der Waals surface area contributed by atoms with Gasteiger partial charge in [-0.05, 0) is 48.7 Å².